The van der Waals surface area contributed by atoms with Crippen molar-refractivity contribution in [2.75, 3.05) is 39.3 Å². The molecule has 8 N–H and O–H groups in total. The van der Waals surface area contributed by atoms with E-state index in [1.54, 1.807) is 29.2 Å². The van der Waals surface area contributed by atoms with Crippen molar-refractivity contribution in [1.29, 1.82) is 0 Å². The number of ether oxygens (including phenoxy) is 2. The van der Waals surface area contributed by atoms with Gasteiger partial charge in [-0.15, -0.1) is 11.3 Å². The van der Waals surface area contributed by atoms with E-state index in [0.29, 0.717) is 36.4 Å². The van der Waals surface area contributed by atoms with Crippen molar-refractivity contribution in [3.63, 3.8) is 0 Å². The van der Waals surface area contributed by atoms with Crippen LogP contribution >= 0.6 is 11.3 Å². The number of benzene rings is 1. The topological polar surface area (TPSA) is 281 Å². The summed E-state index contributed by atoms with van der Waals surface area (Å²) >= 11 is 1.10. The number of carbonyl (C=O) groups excluding carboxylic acids is 7. The van der Waals surface area contributed by atoms with E-state index < -0.39 is 66.0 Å². The quantitative estimate of drug-likeness (QED) is 0.0279. The number of likely N-dealkylation sites (tertiary alicyclic amines) is 1. The third-order valence-electron chi connectivity index (χ3n) is 12.0. The number of nitrogens with one attached hydrogen (secondary N) is 5. The van der Waals surface area contributed by atoms with E-state index >= 15 is 0 Å². The molecule has 21 heteroatoms. The fraction of sp³-hybridized carbons (Fsp3) is 0.630. The number of anilines is 1. The number of piperidine rings is 1. The number of rotatable bonds is 28. The van der Waals surface area contributed by atoms with E-state index in [-0.39, 0.29) is 74.3 Å². The maximum atomic E-state index is 14.6. The lowest BCUT2D eigenvalue weighted by atomic mass is 9.92. The second kappa shape index (κ2) is 27.8. The van der Waals surface area contributed by atoms with Crippen molar-refractivity contribution in [2.24, 2.45) is 23.5 Å². The molecule has 1 aliphatic rings. The monoisotopic (exact) mass is 957 g/mol. The number of hydrogen-bond acceptors (Lipinski definition) is 13. The van der Waals surface area contributed by atoms with Gasteiger partial charge in [0.25, 0.3) is 5.91 Å². The number of likely N-dealkylation sites (N-methyl/N-ethyl adjacent to an activating group) is 1. The number of primary amides is 1. The van der Waals surface area contributed by atoms with Crippen LogP contribution in [0.5, 0.6) is 0 Å². The standard InChI is InChI=1S/C46H71N9O11S/c1-9-28(4)39(53-42(60)36-14-10-11-20-54(36)7)44(61)55(26-65-8)37(27(2)3)23-38(66-30(6)57)43-52-35(24-67-43)41(59)51-33(21-29(5)45(62)63)22-31-15-17-32(18-16-31)50-40(58)34(49-25-56)13-12-19-48-46(47)64/h15-18,24-25,27-29,33-34,36-39H,9-14,19-23,26H2,1-8H3,(H,49,56)(H,50,58)(H,51,59)(H,53,60)(H,62,63)(H3,47,48,64)/t28-,29?,33+,34-,36+,37+,38+,39-/m0/s1. The number of aliphatic carboxylic acids is 1. The number of methoxy groups -OCH3 is 1. The van der Waals surface area contributed by atoms with Gasteiger partial charge >= 0.3 is 18.0 Å². The molecule has 2 aromatic rings. The van der Waals surface area contributed by atoms with E-state index in [1.165, 1.54) is 26.3 Å². The van der Waals surface area contributed by atoms with Gasteiger partial charge < -0.3 is 51.8 Å². The number of thiazole rings is 1. The Hall–Kier alpha value is -5.67. The average Bonchev–Trinajstić information content (AvgIpc) is 3.78. The molecule has 0 saturated carbocycles. The second-order valence-electron chi connectivity index (χ2n) is 17.6. The van der Waals surface area contributed by atoms with Crippen molar-refractivity contribution >= 4 is 65.0 Å². The minimum absolute atomic E-state index is 0.0187. The highest BCUT2D eigenvalue weighted by Gasteiger charge is 2.39. The van der Waals surface area contributed by atoms with Crippen LogP contribution in [0.25, 0.3) is 0 Å². The first kappa shape index (κ1) is 55.7. The largest absolute Gasteiger partial charge is 0.481 e. The molecule has 67 heavy (non-hydrogen) atoms. The fourth-order valence-corrected chi connectivity index (χ4v) is 8.85. The number of carbonyl (C=O) groups is 8. The molecule has 1 aliphatic heterocycles. The van der Waals surface area contributed by atoms with Gasteiger partial charge in [-0.3, -0.25) is 38.5 Å². The van der Waals surface area contributed by atoms with E-state index in [0.717, 1.165) is 36.3 Å². The van der Waals surface area contributed by atoms with Crippen LogP contribution in [0.15, 0.2) is 29.6 Å². The van der Waals surface area contributed by atoms with Crippen LogP contribution in [0.1, 0.15) is 120 Å². The summed E-state index contributed by atoms with van der Waals surface area (Å²) in [5, 5.41) is 25.2. The zero-order valence-corrected chi connectivity index (χ0v) is 40.8. The molecule has 1 aromatic heterocycles. The molecule has 3 rings (SSSR count). The fourth-order valence-electron chi connectivity index (χ4n) is 8.01. The molecule has 1 fully saturated rings. The van der Waals surface area contributed by atoms with Gasteiger partial charge in [-0.05, 0) is 81.6 Å². The van der Waals surface area contributed by atoms with Gasteiger partial charge in [0.1, 0.15) is 29.5 Å². The summed E-state index contributed by atoms with van der Waals surface area (Å²) in [6, 6.07) is 2.75. The second-order valence-corrected chi connectivity index (χ2v) is 18.5. The number of nitrogens with zero attached hydrogens (tertiary/aromatic N) is 3. The highest BCUT2D eigenvalue weighted by Crippen LogP contribution is 2.32. The number of aromatic nitrogens is 1. The maximum Gasteiger partial charge on any atom is 0.312 e. The van der Waals surface area contributed by atoms with E-state index in [1.807, 2.05) is 39.6 Å². The first-order valence-corrected chi connectivity index (χ1v) is 23.8. The Bertz CT molecular complexity index is 1970. The third-order valence-corrected chi connectivity index (χ3v) is 13.0. The highest BCUT2D eigenvalue weighted by atomic mass is 32.1. The van der Waals surface area contributed by atoms with Crippen molar-refractivity contribution in [2.45, 2.75) is 136 Å². The molecule has 7 amide bonds. The summed E-state index contributed by atoms with van der Waals surface area (Å²) in [5.41, 5.74) is 6.25. The lowest BCUT2D eigenvalue weighted by Gasteiger charge is -2.39. The lowest BCUT2D eigenvalue weighted by Crippen LogP contribution is -2.59. The van der Waals surface area contributed by atoms with Crippen LogP contribution in [0.4, 0.5) is 10.5 Å². The first-order valence-electron chi connectivity index (χ1n) is 22.9. The molecular weight excluding hydrogens is 887 g/mol. The summed E-state index contributed by atoms with van der Waals surface area (Å²) in [5.74, 6) is -4.44. The number of esters is 1. The highest BCUT2D eigenvalue weighted by molar-refractivity contribution is 7.09. The predicted octanol–water partition coefficient (Wildman–Crippen LogP) is 3.56. The molecule has 0 bridgehead atoms. The normalized spacial score (nSPS) is 17.1. The van der Waals surface area contributed by atoms with Crippen LogP contribution < -0.4 is 32.3 Å². The number of hydrogen-bond donors (Lipinski definition) is 7. The maximum absolute atomic E-state index is 14.6. The number of urea groups is 1. The van der Waals surface area contributed by atoms with Crippen LogP contribution in [-0.4, -0.2) is 132 Å². The Kier molecular flexibility index (Phi) is 23.1. The lowest BCUT2D eigenvalue weighted by molar-refractivity contribution is -0.152. The van der Waals surface area contributed by atoms with Crippen molar-refractivity contribution < 1.29 is 52.9 Å². The van der Waals surface area contributed by atoms with Gasteiger partial charge in [-0.25, -0.2) is 9.78 Å². The molecule has 20 nitrogen and oxygen atoms in total. The number of carboxylic acids is 1. The smallest absolute Gasteiger partial charge is 0.312 e. The predicted molar refractivity (Wildman–Crippen MR) is 251 cm³/mol. The molecule has 1 saturated heterocycles. The average molecular weight is 958 g/mol. The van der Waals surface area contributed by atoms with Crippen LogP contribution in [0.3, 0.4) is 0 Å². The van der Waals surface area contributed by atoms with E-state index in [4.69, 9.17) is 15.2 Å². The molecule has 0 radical (unpaired) electrons. The first-order chi connectivity index (χ1) is 31.8. The van der Waals surface area contributed by atoms with E-state index in [9.17, 15) is 43.5 Å². The van der Waals surface area contributed by atoms with Gasteiger partial charge in [-0.2, -0.15) is 0 Å². The molecule has 0 aliphatic carbocycles. The number of amides is 7. The molecule has 372 valence electrons. The molecule has 1 unspecified atom stereocenters. The summed E-state index contributed by atoms with van der Waals surface area (Å²) in [4.78, 5) is 110. The number of carboxylic acid groups (broad SMARTS) is 1. The van der Waals surface area contributed by atoms with Crippen molar-refractivity contribution in [3.8, 4) is 0 Å². The Balaban J connectivity index is 1.82. The summed E-state index contributed by atoms with van der Waals surface area (Å²) < 4.78 is 11.4. The van der Waals surface area contributed by atoms with Crippen LogP contribution in [0.2, 0.25) is 0 Å². The summed E-state index contributed by atoms with van der Waals surface area (Å²) in [6.45, 7) is 11.5. The van der Waals surface area contributed by atoms with Crippen LogP contribution in [0, 0.1) is 17.8 Å². The van der Waals surface area contributed by atoms with Crippen LogP contribution in [-0.2, 0) is 44.7 Å². The van der Waals surface area contributed by atoms with E-state index in [2.05, 4.69) is 31.6 Å². The molecule has 0 spiro atoms. The van der Waals surface area contributed by atoms with Crippen molar-refractivity contribution in [1.82, 2.24) is 36.1 Å². The summed E-state index contributed by atoms with van der Waals surface area (Å²) in [7, 11) is 3.39. The van der Waals surface area contributed by atoms with Gasteiger partial charge in [0.2, 0.25) is 24.1 Å². The van der Waals surface area contributed by atoms with Crippen molar-refractivity contribution in [3.05, 3.63) is 45.9 Å². The van der Waals surface area contributed by atoms with Gasteiger partial charge in [0.15, 0.2) is 6.10 Å². The molecule has 2 heterocycles. The Morgan fingerprint density at radius 1 is 1.04 bits per heavy atom. The minimum atomic E-state index is -1.04. The van der Waals surface area contributed by atoms with Gasteiger partial charge in [0, 0.05) is 50.2 Å². The Morgan fingerprint density at radius 3 is 2.33 bits per heavy atom. The third kappa shape index (κ3) is 17.8. The van der Waals surface area contributed by atoms with Gasteiger partial charge in [-0.1, -0.05) is 59.6 Å². The number of nitrogens with two attached hydrogens (primary N) is 1. The molecular formula is C46H71N9O11S. The zero-order chi connectivity index (χ0) is 49.8. The Morgan fingerprint density at radius 2 is 1.75 bits per heavy atom. The minimum Gasteiger partial charge on any atom is -0.481 e. The summed E-state index contributed by atoms with van der Waals surface area (Å²) in [6.07, 6.45) is 3.71. The Labute approximate surface area is 397 Å². The molecule has 1 aromatic carbocycles. The molecule has 8 atom stereocenters. The van der Waals surface area contributed by atoms with Gasteiger partial charge in [0.05, 0.1) is 12.0 Å². The zero-order valence-electron chi connectivity index (χ0n) is 40.0. The SMILES string of the molecule is CC[C@H](C)[C@H](NC(=O)[C@H]1CCCCN1C)C(=O)N(COC)[C@H](C[C@@H](OC(C)=O)c1nc(C(=O)N[C@@H](Cc2ccc(NC(=O)[C@H](CCCNC(N)=O)NC=O)cc2)CC(C)C(=O)O)cs1)C(C)C.